The Morgan fingerprint density at radius 1 is 1.03 bits per heavy atom. The minimum Gasteiger partial charge on any atom is -0.345 e. The average molecular weight is 413 g/mol. The van der Waals surface area contributed by atoms with Crippen LogP contribution in [0.1, 0.15) is 37.3 Å². The Morgan fingerprint density at radius 3 is 2.43 bits per heavy atom. The van der Waals surface area contributed by atoms with E-state index in [0.29, 0.717) is 12.1 Å². The van der Waals surface area contributed by atoms with Crippen LogP contribution in [0.2, 0.25) is 0 Å². The summed E-state index contributed by atoms with van der Waals surface area (Å²) in [5, 5.41) is 5.27. The van der Waals surface area contributed by atoms with Gasteiger partial charge >= 0.3 is 0 Å². The molecule has 0 atom stereocenters. The highest BCUT2D eigenvalue weighted by atomic mass is 19.1. The van der Waals surface area contributed by atoms with Gasteiger partial charge in [-0.15, -0.1) is 0 Å². The molecule has 0 bridgehead atoms. The lowest BCUT2D eigenvalue weighted by Crippen LogP contribution is -2.42. The number of carbonyl (C=O) groups excluding carboxylic acids is 3. The molecule has 2 aromatic rings. The Labute approximate surface area is 176 Å². The van der Waals surface area contributed by atoms with Crippen molar-refractivity contribution in [2.45, 2.75) is 39.7 Å². The number of hydrogen-bond acceptors (Lipinski definition) is 3. The summed E-state index contributed by atoms with van der Waals surface area (Å²) in [7, 11) is 0. The van der Waals surface area contributed by atoms with Crippen molar-refractivity contribution in [2.75, 3.05) is 18.4 Å². The zero-order valence-corrected chi connectivity index (χ0v) is 17.4. The van der Waals surface area contributed by atoms with Crippen molar-refractivity contribution in [3.63, 3.8) is 0 Å². The van der Waals surface area contributed by atoms with E-state index in [9.17, 15) is 18.8 Å². The number of benzene rings is 2. The fourth-order valence-corrected chi connectivity index (χ4v) is 2.86. The van der Waals surface area contributed by atoms with Gasteiger partial charge in [0, 0.05) is 18.7 Å². The summed E-state index contributed by atoms with van der Waals surface area (Å²) in [4.78, 5) is 38.4. The molecule has 0 aliphatic heterocycles. The van der Waals surface area contributed by atoms with Gasteiger partial charge in [-0.25, -0.2) is 4.39 Å². The maximum absolute atomic E-state index is 13.1. The van der Waals surface area contributed by atoms with Crippen molar-refractivity contribution in [2.24, 2.45) is 0 Å². The van der Waals surface area contributed by atoms with Crippen molar-refractivity contribution >= 4 is 23.4 Å². The molecule has 0 heterocycles. The third-order valence-electron chi connectivity index (χ3n) is 4.47. The topological polar surface area (TPSA) is 78.5 Å². The van der Waals surface area contributed by atoms with E-state index in [-0.39, 0.29) is 37.3 Å². The number of anilines is 1. The normalized spacial score (nSPS) is 10.4. The molecule has 0 saturated heterocycles. The summed E-state index contributed by atoms with van der Waals surface area (Å²) in [6.07, 6.45) is 1.92. The van der Waals surface area contributed by atoms with E-state index in [4.69, 9.17) is 0 Å². The number of rotatable bonds is 10. The van der Waals surface area contributed by atoms with Crippen LogP contribution in [0.25, 0.3) is 0 Å². The van der Waals surface area contributed by atoms with Crippen molar-refractivity contribution in [1.29, 1.82) is 0 Å². The minimum absolute atomic E-state index is 0.152. The van der Waals surface area contributed by atoms with Crippen molar-refractivity contribution in [1.82, 2.24) is 10.2 Å². The molecular weight excluding hydrogens is 385 g/mol. The van der Waals surface area contributed by atoms with Crippen molar-refractivity contribution in [3.8, 4) is 0 Å². The SMILES string of the molecule is CCCCC(=O)N(CC(=O)NCC(=O)Nc1cccc(C)c1)Cc1ccc(F)cc1. The first kappa shape index (κ1) is 23.1. The molecule has 2 aromatic carbocycles. The third-order valence-corrected chi connectivity index (χ3v) is 4.47. The molecule has 2 rings (SSSR count). The van der Waals surface area contributed by atoms with Crippen LogP contribution in [-0.2, 0) is 20.9 Å². The summed E-state index contributed by atoms with van der Waals surface area (Å²) in [5.41, 5.74) is 2.40. The van der Waals surface area contributed by atoms with Crippen LogP contribution in [0.4, 0.5) is 10.1 Å². The van der Waals surface area contributed by atoms with E-state index < -0.39 is 5.91 Å². The molecule has 0 unspecified atom stereocenters. The molecule has 2 N–H and O–H groups in total. The van der Waals surface area contributed by atoms with E-state index in [2.05, 4.69) is 10.6 Å². The second-order valence-electron chi connectivity index (χ2n) is 7.17. The molecule has 0 aliphatic rings. The Balaban J connectivity index is 1.91. The molecular formula is C23H28FN3O3. The summed E-state index contributed by atoms with van der Waals surface area (Å²) in [5.74, 6) is -1.29. The van der Waals surface area contributed by atoms with Gasteiger partial charge in [0.25, 0.3) is 0 Å². The van der Waals surface area contributed by atoms with E-state index in [1.165, 1.54) is 17.0 Å². The zero-order chi connectivity index (χ0) is 21.9. The Morgan fingerprint density at radius 2 is 1.77 bits per heavy atom. The first-order valence-electron chi connectivity index (χ1n) is 10.0. The number of hydrogen-bond donors (Lipinski definition) is 2. The number of nitrogens with one attached hydrogen (secondary N) is 2. The highest BCUT2D eigenvalue weighted by Crippen LogP contribution is 2.10. The van der Waals surface area contributed by atoms with Crippen LogP contribution in [0.15, 0.2) is 48.5 Å². The lowest BCUT2D eigenvalue weighted by molar-refractivity contribution is -0.136. The van der Waals surface area contributed by atoms with Crippen LogP contribution >= 0.6 is 0 Å². The standard InChI is InChI=1S/C23H28FN3O3/c1-3-4-8-23(30)27(15-18-9-11-19(24)12-10-18)16-22(29)25-14-21(28)26-20-7-5-6-17(2)13-20/h5-7,9-13H,3-4,8,14-16H2,1-2H3,(H,25,29)(H,26,28). The maximum atomic E-state index is 13.1. The van der Waals surface area contributed by atoms with Gasteiger partial charge in [0.15, 0.2) is 0 Å². The lowest BCUT2D eigenvalue weighted by atomic mass is 10.2. The van der Waals surface area contributed by atoms with Gasteiger partial charge < -0.3 is 15.5 Å². The molecule has 3 amide bonds. The summed E-state index contributed by atoms with van der Waals surface area (Å²) < 4.78 is 13.1. The number of unbranched alkanes of at least 4 members (excludes halogenated alkanes) is 1. The van der Waals surface area contributed by atoms with Gasteiger partial charge in [0.2, 0.25) is 17.7 Å². The molecule has 6 nitrogen and oxygen atoms in total. The summed E-state index contributed by atoms with van der Waals surface area (Å²) >= 11 is 0. The van der Waals surface area contributed by atoms with Crippen LogP contribution < -0.4 is 10.6 Å². The lowest BCUT2D eigenvalue weighted by Gasteiger charge is -2.22. The molecule has 0 saturated carbocycles. The number of halogens is 1. The molecule has 0 fully saturated rings. The molecule has 160 valence electrons. The molecule has 0 aliphatic carbocycles. The number of aryl methyl sites for hydroxylation is 1. The molecule has 7 heteroatoms. The minimum atomic E-state index is -0.429. The van der Waals surface area contributed by atoms with Crippen molar-refractivity contribution < 1.29 is 18.8 Å². The molecule has 0 radical (unpaired) electrons. The predicted octanol–water partition coefficient (Wildman–Crippen LogP) is 3.41. The number of carbonyl (C=O) groups is 3. The molecule has 0 spiro atoms. The van der Waals surface area contributed by atoms with Gasteiger partial charge in [-0.2, -0.15) is 0 Å². The second-order valence-corrected chi connectivity index (χ2v) is 7.17. The van der Waals surface area contributed by atoms with Crippen LogP contribution in [0.5, 0.6) is 0 Å². The van der Waals surface area contributed by atoms with Crippen molar-refractivity contribution in [3.05, 3.63) is 65.5 Å². The Hall–Kier alpha value is -3.22. The van der Waals surface area contributed by atoms with Gasteiger partial charge in [-0.1, -0.05) is 37.6 Å². The molecule has 30 heavy (non-hydrogen) atoms. The zero-order valence-electron chi connectivity index (χ0n) is 17.4. The van der Waals surface area contributed by atoms with E-state index in [0.717, 1.165) is 24.0 Å². The Bertz CT molecular complexity index is 868. The van der Waals surface area contributed by atoms with Gasteiger partial charge in [-0.3, -0.25) is 14.4 Å². The average Bonchev–Trinajstić information content (AvgIpc) is 2.71. The van der Waals surface area contributed by atoms with E-state index >= 15 is 0 Å². The third kappa shape index (κ3) is 8.03. The first-order valence-corrected chi connectivity index (χ1v) is 10.0. The summed E-state index contributed by atoms with van der Waals surface area (Å²) in [6, 6.07) is 13.2. The Kier molecular flexibility index (Phi) is 9.00. The molecule has 0 aromatic heterocycles. The fraction of sp³-hybridized carbons (Fsp3) is 0.348. The first-order chi connectivity index (χ1) is 14.4. The van der Waals surface area contributed by atoms with Crippen LogP contribution in [0, 0.1) is 12.7 Å². The monoisotopic (exact) mass is 413 g/mol. The largest absolute Gasteiger partial charge is 0.345 e. The summed E-state index contributed by atoms with van der Waals surface area (Å²) in [6.45, 7) is 3.74. The van der Waals surface area contributed by atoms with Crippen LogP contribution in [-0.4, -0.2) is 35.7 Å². The highest BCUT2D eigenvalue weighted by molar-refractivity contribution is 5.95. The quantitative estimate of drug-likeness (QED) is 0.627. The van der Waals surface area contributed by atoms with Gasteiger partial charge in [-0.05, 0) is 48.7 Å². The van der Waals surface area contributed by atoms with Gasteiger partial charge in [0.05, 0.1) is 13.1 Å². The highest BCUT2D eigenvalue weighted by Gasteiger charge is 2.18. The predicted molar refractivity (Wildman–Crippen MR) is 114 cm³/mol. The fourth-order valence-electron chi connectivity index (χ4n) is 2.86. The van der Waals surface area contributed by atoms with E-state index in [1.54, 1.807) is 18.2 Å². The van der Waals surface area contributed by atoms with E-state index in [1.807, 2.05) is 32.0 Å². The van der Waals surface area contributed by atoms with Crippen LogP contribution in [0.3, 0.4) is 0 Å². The van der Waals surface area contributed by atoms with Gasteiger partial charge in [0.1, 0.15) is 5.82 Å². The number of nitrogens with zero attached hydrogens (tertiary/aromatic N) is 1. The number of amides is 3. The smallest absolute Gasteiger partial charge is 0.243 e. The maximum Gasteiger partial charge on any atom is 0.243 e. The second kappa shape index (κ2) is 11.7.